The molecular weight excluding hydrogens is 679 g/mol. The molecule has 0 aromatic rings. The van der Waals surface area contributed by atoms with Crippen molar-refractivity contribution < 1.29 is 28.0 Å². The Hall–Kier alpha value is 1.33. The Labute approximate surface area is 228 Å². The first-order valence-corrected chi connectivity index (χ1v) is 15.9. The molecule has 0 saturated carbocycles. The number of hydrogen-bond donors (Lipinski definition) is 3. The molecule has 0 rings (SSSR count). The summed E-state index contributed by atoms with van der Waals surface area (Å²) in [6.07, 6.45) is 6.42. The maximum Gasteiger partial charge on any atom is 0.537 e. The largest absolute Gasteiger partial charge is 0.537 e. The first-order valence-electron chi connectivity index (χ1n) is 9.94. The van der Waals surface area contributed by atoms with E-state index in [-0.39, 0.29) is 0 Å². The van der Waals surface area contributed by atoms with Gasteiger partial charge in [-0.1, -0.05) is 67.1 Å². The van der Waals surface area contributed by atoms with Crippen molar-refractivity contribution in [3.63, 3.8) is 0 Å². The van der Waals surface area contributed by atoms with Crippen LogP contribution in [0.15, 0.2) is 0 Å². The second-order valence-corrected chi connectivity index (χ2v) is 11.8. The molecule has 0 saturated heterocycles. The molecule has 0 aromatic heterocycles. The van der Waals surface area contributed by atoms with Crippen LogP contribution in [-0.2, 0) is 28.0 Å². The summed E-state index contributed by atoms with van der Waals surface area (Å²) in [5.74, 6) is -2.10. The lowest BCUT2D eigenvalue weighted by atomic mass is 10.2. The second-order valence-electron chi connectivity index (χ2n) is 6.56. The Bertz CT molecular complexity index is 464. The van der Waals surface area contributed by atoms with Crippen LogP contribution in [0.4, 0.5) is 0 Å². The van der Waals surface area contributed by atoms with Gasteiger partial charge in [0.05, 0.1) is 15.7 Å². The average molecular weight is 709 g/mol. The molecule has 3 unspecified atom stereocenters. The molecule has 0 radical (unpaired) electrons. The summed E-state index contributed by atoms with van der Waals surface area (Å²) in [6.45, 7) is 0. The van der Waals surface area contributed by atoms with Gasteiger partial charge < -0.3 is 13.6 Å². The van der Waals surface area contributed by atoms with Gasteiger partial charge in [-0.15, -0.1) is 0 Å². The van der Waals surface area contributed by atoms with Crippen molar-refractivity contribution in [2.45, 2.75) is 73.5 Å². The minimum atomic E-state index is -2.56. The van der Waals surface area contributed by atoms with Gasteiger partial charge in [-0.25, -0.2) is 0 Å². The highest BCUT2D eigenvalue weighted by atomic mass is 79.9. The van der Waals surface area contributed by atoms with E-state index in [0.29, 0.717) is 19.3 Å². The molecule has 13 heteroatoms. The van der Waals surface area contributed by atoms with Crippen LogP contribution >= 0.6 is 94.3 Å². The average Bonchev–Trinajstić information content (AvgIpc) is 2.73. The van der Waals surface area contributed by atoms with E-state index in [0.717, 1.165) is 54.5 Å². The molecule has 0 aliphatic heterocycles. The van der Waals surface area contributed by atoms with Gasteiger partial charge in [0.1, 0.15) is 0 Å². The predicted molar refractivity (Wildman–Crippen MR) is 146 cm³/mol. The van der Waals surface area contributed by atoms with Crippen molar-refractivity contribution in [2.75, 3.05) is 16.0 Å². The molecule has 6 nitrogen and oxygen atoms in total. The highest BCUT2D eigenvalue weighted by molar-refractivity contribution is 9.09. The smallest absolute Gasteiger partial charge is 0.374 e. The van der Waals surface area contributed by atoms with Gasteiger partial charge in [0.15, 0.2) is 0 Å². The Kier molecular flexibility index (Phi) is 21.6. The standard InChI is InChI=1S/C18H30Br3O6PS3/c19-10-4-1-7-13(29)16(22)25-28(26-17(23)14(30)8-2-5-11-20)27-18(24)15(31)9-3-6-12-21/h13-15,29-31H,1-12H2. The van der Waals surface area contributed by atoms with Crippen LogP contribution in [0.2, 0.25) is 0 Å². The van der Waals surface area contributed by atoms with Crippen molar-refractivity contribution in [1.82, 2.24) is 0 Å². The van der Waals surface area contributed by atoms with Gasteiger partial charge in [0.2, 0.25) is 0 Å². The zero-order valence-corrected chi connectivity index (χ0v) is 25.4. The van der Waals surface area contributed by atoms with Crippen molar-refractivity contribution in [2.24, 2.45) is 0 Å². The van der Waals surface area contributed by atoms with Crippen LogP contribution < -0.4 is 0 Å². The van der Waals surface area contributed by atoms with Gasteiger partial charge in [-0.3, -0.25) is 14.4 Å². The molecule has 0 bridgehead atoms. The number of unbranched alkanes of at least 4 members (excludes halogenated alkanes) is 3. The topological polar surface area (TPSA) is 78.9 Å². The van der Waals surface area contributed by atoms with Gasteiger partial charge in [0.25, 0.3) is 0 Å². The van der Waals surface area contributed by atoms with E-state index in [9.17, 15) is 14.4 Å². The van der Waals surface area contributed by atoms with Crippen LogP contribution in [0, 0.1) is 0 Å². The van der Waals surface area contributed by atoms with E-state index in [4.69, 9.17) is 13.6 Å². The van der Waals surface area contributed by atoms with Gasteiger partial charge in [-0.2, -0.15) is 37.9 Å². The number of carbonyl (C=O) groups is 3. The third-order valence-electron chi connectivity index (χ3n) is 3.89. The summed E-state index contributed by atoms with van der Waals surface area (Å²) in [7, 11) is -2.56. The Morgan fingerprint density at radius 3 is 1.06 bits per heavy atom. The molecule has 0 aromatic carbocycles. The number of halogens is 3. The van der Waals surface area contributed by atoms with E-state index in [2.05, 4.69) is 85.7 Å². The van der Waals surface area contributed by atoms with Crippen LogP contribution in [-0.4, -0.2) is 49.6 Å². The normalized spacial score (nSPS) is 14.9. The summed E-state index contributed by atoms with van der Waals surface area (Å²) in [5, 5.41) is 0.331. The van der Waals surface area contributed by atoms with Crippen molar-refractivity contribution in [3.05, 3.63) is 0 Å². The van der Waals surface area contributed by atoms with Crippen molar-refractivity contribution >= 4 is 112 Å². The fourth-order valence-electron chi connectivity index (χ4n) is 2.11. The summed E-state index contributed by atoms with van der Waals surface area (Å²) >= 11 is 22.7. The molecule has 0 amide bonds. The van der Waals surface area contributed by atoms with Gasteiger partial charge >= 0.3 is 26.5 Å². The third kappa shape index (κ3) is 16.6. The Balaban J connectivity index is 4.96. The lowest BCUT2D eigenvalue weighted by Gasteiger charge is -2.19. The summed E-state index contributed by atoms with van der Waals surface area (Å²) < 4.78 is 15.6. The zero-order valence-electron chi connectivity index (χ0n) is 17.1. The highest BCUT2D eigenvalue weighted by Crippen LogP contribution is 2.42. The third-order valence-corrected chi connectivity index (χ3v) is 7.97. The molecule has 0 fully saturated rings. The lowest BCUT2D eigenvalue weighted by Crippen LogP contribution is -2.23. The number of alkyl halides is 3. The van der Waals surface area contributed by atoms with E-state index < -0.39 is 42.3 Å². The first-order chi connectivity index (χ1) is 14.8. The molecular formula is C18H30Br3O6PS3. The molecule has 3 atom stereocenters. The monoisotopic (exact) mass is 706 g/mol. The fraction of sp³-hybridized carbons (Fsp3) is 0.833. The minimum Gasteiger partial charge on any atom is -0.374 e. The molecule has 31 heavy (non-hydrogen) atoms. The molecule has 0 aliphatic carbocycles. The van der Waals surface area contributed by atoms with Crippen molar-refractivity contribution in [1.29, 1.82) is 0 Å². The molecule has 0 N–H and O–H groups in total. The quantitative estimate of drug-likeness (QED) is 0.0660. The van der Waals surface area contributed by atoms with Crippen LogP contribution in [0.5, 0.6) is 0 Å². The Morgan fingerprint density at radius 2 is 0.839 bits per heavy atom. The maximum absolute atomic E-state index is 12.3. The SMILES string of the molecule is O=C(OP(OC(=O)C(S)CCCCBr)OC(=O)C(S)CCCCBr)C(S)CCCCBr. The molecule has 0 aliphatic rings. The molecule has 0 spiro atoms. The minimum absolute atomic E-state index is 0.488. The fourth-order valence-corrected chi connectivity index (χ4v) is 5.19. The predicted octanol–water partition coefficient (Wildman–Crippen LogP) is 6.43. The van der Waals surface area contributed by atoms with E-state index >= 15 is 0 Å². The highest BCUT2D eigenvalue weighted by Gasteiger charge is 2.33. The second kappa shape index (κ2) is 20.7. The number of hydrogen-bond acceptors (Lipinski definition) is 9. The van der Waals surface area contributed by atoms with Crippen LogP contribution in [0.3, 0.4) is 0 Å². The van der Waals surface area contributed by atoms with Gasteiger partial charge in [0, 0.05) is 16.0 Å². The summed E-state index contributed by atoms with van der Waals surface area (Å²) in [4.78, 5) is 37.0. The van der Waals surface area contributed by atoms with Gasteiger partial charge in [-0.05, 0) is 38.5 Å². The zero-order chi connectivity index (χ0) is 23.6. The molecule has 182 valence electrons. The maximum atomic E-state index is 12.3. The number of carbonyl (C=O) groups excluding carboxylic acids is 3. The van der Waals surface area contributed by atoms with Crippen molar-refractivity contribution in [3.8, 4) is 0 Å². The lowest BCUT2D eigenvalue weighted by molar-refractivity contribution is -0.141. The van der Waals surface area contributed by atoms with E-state index in [1.807, 2.05) is 0 Å². The van der Waals surface area contributed by atoms with Crippen LogP contribution in [0.25, 0.3) is 0 Å². The number of rotatable bonds is 18. The summed E-state index contributed by atoms with van der Waals surface area (Å²) in [5.41, 5.74) is 0. The number of thiol groups is 3. The van der Waals surface area contributed by atoms with E-state index in [1.165, 1.54) is 0 Å². The van der Waals surface area contributed by atoms with E-state index in [1.54, 1.807) is 0 Å². The van der Waals surface area contributed by atoms with Crippen LogP contribution in [0.1, 0.15) is 57.8 Å². The molecule has 0 heterocycles. The Morgan fingerprint density at radius 1 is 0.581 bits per heavy atom. The summed E-state index contributed by atoms with van der Waals surface area (Å²) in [6, 6.07) is 0. The first kappa shape index (κ1) is 32.3.